The van der Waals surface area contributed by atoms with Gasteiger partial charge in [0.25, 0.3) is 0 Å². The van der Waals surface area contributed by atoms with Crippen molar-refractivity contribution in [2.75, 3.05) is 20.1 Å². The van der Waals surface area contributed by atoms with Crippen LogP contribution in [-0.2, 0) is 6.54 Å². The molecule has 0 spiro atoms. The molecule has 2 rings (SSSR count). The minimum Gasteiger partial charge on any atom is -0.314 e. The van der Waals surface area contributed by atoms with Crippen molar-refractivity contribution in [2.45, 2.75) is 32.4 Å². The molecule has 0 aromatic carbocycles. The third kappa shape index (κ3) is 3.17. The van der Waals surface area contributed by atoms with E-state index in [9.17, 15) is 0 Å². The van der Waals surface area contributed by atoms with Crippen molar-refractivity contribution >= 4 is 23.7 Å². The smallest absolute Gasteiger partial charge is 0.107 e. The highest BCUT2D eigenvalue weighted by molar-refractivity contribution is 7.11. The largest absolute Gasteiger partial charge is 0.314 e. The van der Waals surface area contributed by atoms with Crippen LogP contribution in [0.3, 0.4) is 0 Å². The molecule has 0 unspecified atom stereocenters. The van der Waals surface area contributed by atoms with Gasteiger partial charge in [-0.05, 0) is 13.0 Å². The highest BCUT2D eigenvalue weighted by Crippen LogP contribution is 2.23. The summed E-state index contributed by atoms with van der Waals surface area (Å²) in [5.74, 6) is 0.604. The molecule has 0 amide bonds. The normalized spacial score (nSPS) is 16.3. The molecular formula is C11H20ClN3S. The molecular weight excluding hydrogens is 242 g/mol. The highest BCUT2D eigenvalue weighted by Gasteiger charge is 2.22. The molecule has 5 heteroatoms. The van der Waals surface area contributed by atoms with Gasteiger partial charge in [-0.1, -0.05) is 13.8 Å². The molecule has 1 aromatic heterocycles. The lowest BCUT2D eigenvalue weighted by atomic mass is 10.1. The first-order valence-corrected chi connectivity index (χ1v) is 6.34. The molecule has 1 N–H and O–H groups in total. The fraction of sp³-hybridized carbons (Fsp3) is 0.727. The van der Waals surface area contributed by atoms with E-state index in [1.165, 1.54) is 9.88 Å². The summed E-state index contributed by atoms with van der Waals surface area (Å²) in [6.07, 6.45) is 2.03. The number of likely N-dealkylation sites (N-methyl/N-ethyl adjacent to an activating group) is 1. The predicted octanol–water partition coefficient (Wildman–Crippen LogP) is 2.09. The minimum absolute atomic E-state index is 0. The summed E-state index contributed by atoms with van der Waals surface area (Å²) in [4.78, 5) is 8.26. The van der Waals surface area contributed by atoms with E-state index in [2.05, 4.69) is 36.1 Å². The van der Waals surface area contributed by atoms with Crippen molar-refractivity contribution in [2.24, 2.45) is 0 Å². The first-order chi connectivity index (χ1) is 7.16. The monoisotopic (exact) mass is 261 g/mol. The highest BCUT2D eigenvalue weighted by atomic mass is 35.5. The number of nitrogens with one attached hydrogen (secondary N) is 1. The Hall–Kier alpha value is -0.160. The topological polar surface area (TPSA) is 28.2 Å². The standard InChI is InChI=1S/C11H19N3S.ClH/c1-8(2)10-6-13-11(15-10)7-14(3)9-4-12-5-9;/h6,8-9,12H,4-5,7H2,1-3H3;1H. The Labute approximate surface area is 108 Å². The Balaban J connectivity index is 0.00000128. The fourth-order valence-corrected chi connectivity index (χ4v) is 2.58. The van der Waals surface area contributed by atoms with Gasteiger partial charge in [-0.2, -0.15) is 0 Å². The van der Waals surface area contributed by atoms with Crippen LogP contribution in [0.4, 0.5) is 0 Å². The van der Waals surface area contributed by atoms with Gasteiger partial charge in [-0.3, -0.25) is 4.90 Å². The summed E-state index contributed by atoms with van der Waals surface area (Å²) in [6, 6.07) is 0.705. The zero-order chi connectivity index (χ0) is 10.8. The molecule has 0 aliphatic carbocycles. The molecule has 16 heavy (non-hydrogen) atoms. The number of hydrogen-bond acceptors (Lipinski definition) is 4. The van der Waals surface area contributed by atoms with Crippen LogP contribution in [0, 0.1) is 0 Å². The van der Waals surface area contributed by atoms with Crippen molar-refractivity contribution in [3.63, 3.8) is 0 Å². The summed E-state index contributed by atoms with van der Waals surface area (Å²) < 4.78 is 0. The zero-order valence-corrected chi connectivity index (χ0v) is 11.7. The van der Waals surface area contributed by atoms with Crippen LogP contribution in [0.15, 0.2) is 6.20 Å². The number of nitrogens with zero attached hydrogens (tertiary/aromatic N) is 2. The summed E-state index contributed by atoms with van der Waals surface area (Å²) in [5, 5.41) is 4.54. The van der Waals surface area contributed by atoms with E-state index in [0.717, 1.165) is 19.6 Å². The van der Waals surface area contributed by atoms with E-state index in [-0.39, 0.29) is 12.4 Å². The first-order valence-electron chi connectivity index (χ1n) is 5.52. The van der Waals surface area contributed by atoms with Gasteiger partial charge in [0.2, 0.25) is 0 Å². The molecule has 1 fully saturated rings. The average Bonchev–Trinajstić information content (AvgIpc) is 2.48. The Kier molecular flexibility index (Phi) is 5.18. The van der Waals surface area contributed by atoms with Crippen LogP contribution in [0.5, 0.6) is 0 Å². The third-order valence-corrected chi connectivity index (χ3v) is 4.19. The Bertz CT molecular complexity index is 323. The van der Waals surface area contributed by atoms with E-state index in [4.69, 9.17) is 0 Å². The van der Waals surface area contributed by atoms with Gasteiger partial charge in [0.15, 0.2) is 0 Å². The summed E-state index contributed by atoms with van der Waals surface area (Å²) in [7, 11) is 2.18. The van der Waals surface area contributed by atoms with E-state index in [1.54, 1.807) is 0 Å². The van der Waals surface area contributed by atoms with E-state index < -0.39 is 0 Å². The minimum atomic E-state index is 0. The maximum atomic E-state index is 4.47. The van der Waals surface area contributed by atoms with Crippen LogP contribution in [0.2, 0.25) is 0 Å². The molecule has 2 heterocycles. The van der Waals surface area contributed by atoms with E-state index in [1.807, 2.05) is 17.5 Å². The van der Waals surface area contributed by atoms with E-state index >= 15 is 0 Å². The van der Waals surface area contributed by atoms with E-state index in [0.29, 0.717) is 12.0 Å². The molecule has 3 nitrogen and oxygen atoms in total. The van der Waals surface area contributed by atoms with Crippen molar-refractivity contribution in [3.8, 4) is 0 Å². The molecule has 0 saturated carbocycles. The molecule has 1 aliphatic rings. The Morgan fingerprint density at radius 3 is 2.69 bits per heavy atom. The molecule has 0 bridgehead atoms. The van der Waals surface area contributed by atoms with Gasteiger partial charge in [0, 0.05) is 30.2 Å². The average molecular weight is 262 g/mol. The second kappa shape index (κ2) is 5.96. The molecule has 1 aromatic rings. The zero-order valence-electron chi connectivity index (χ0n) is 10.1. The second-order valence-electron chi connectivity index (χ2n) is 4.54. The van der Waals surface area contributed by atoms with Gasteiger partial charge >= 0.3 is 0 Å². The lowest BCUT2D eigenvalue weighted by Gasteiger charge is -2.35. The van der Waals surface area contributed by atoms with Crippen LogP contribution in [0.25, 0.3) is 0 Å². The number of thiazole rings is 1. The second-order valence-corrected chi connectivity index (χ2v) is 5.69. The van der Waals surface area contributed by atoms with Gasteiger partial charge < -0.3 is 5.32 Å². The summed E-state index contributed by atoms with van der Waals surface area (Å²) in [6.45, 7) is 7.68. The maximum absolute atomic E-state index is 4.47. The number of halogens is 1. The lowest BCUT2D eigenvalue weighted by molar-refractivity contribution is 0.173. The molecule has 0 radical (unpaired) electrons. The van der Waals surface area contributed by atoms with Gasteiger partial charge in [0.05, 0.1) is 6.54 Å². The fourth-order valence-electron chi connectivity index (χ4n) is 1.59. The van der Waals surface area contributed by atoms with Crippen molar-refractivity contribution in [1.29, 1.82) is 0 Å². The summed E-state index contributed by atoms with van der Waals surface area (Å²) >= 11 is 1.85. The molecule has 1 saturated heterocycles. The quantitative estimate of drug-likeness (QED) is 0.900. The van der Waals surface area contributed by atoms with Crippen LogP contribution < -0.4 is 5.32 Å². The van der Waals surface area contributed by atoms with Crippen LogP contribution in [0.1, 0.15) is 29.7 Å². The first kappa shape index (κ1) is 13.9. The van der Waals surface area contributed by atoms with Gasteiger partial charge in [-0.15, -0.1) is 23.7 Å². The van der Waals surface area contributed by atoms with Crippen molar-refractivity contribution in [3.05, 3.63) is 16.1 Å². The number of aromatic nitrogens is 1. The van der Waals surface area contributed by atoms with Crippen molar-refractivity contribution in [1.82, 2.24) is 15.2 Å². The van der Waals surface area contributed by atoms with Gasteiger partial charge in [0.1, 0.15) is 5.01 Å². The van der Waals surface area contributed by atoms with Crippen LogP contribution in [-0.4, -0.2) is 36.1 Å². The number of rotatable bonds is 4. The third-order valence-electron chi connectivity index (χ3n) is 2.91. The molecule has 0 atom stereocenters. The Morgan fingerprint density at radius 2 is 2.25 bits per heavy atom. The Morgan fingerprint density at radius 1 is 1.56 bits per heavy atom. The molecule has 92 valence electrons. The van der Waals surface area contributed by atoms with Crippen LogP contribution >= 0.6 is 23.7 Å². The SMILES string of the molecule is CC(C)c1cnc(CN(C)C2CNC2)s1.Cl. The number of hydrogen-bond donors (Lipinski definition) is 1. The van der Waals surface area contributed by atoms with Gasteiger partial charge in [-0.25, -0.2) is 4.98 Å². The maximum Gasteiger partial charge on any atom is 0.107 e. The summed E-state index contributed by atoms with van der Waals surface area (Å²) in [5.41, 5.74) is 0. The molecule has 1 aliphatic heterocycles. The van der Waals surface area contributed by atoms with Crippen molar-refractivity contribution < 1.29 is 0 Å². The predicted molar refractivity (Wildman–Crippen MR) is 71.6 cm³/mol. The lowest BCUT2D eigenvalue weighted by Crippen LogP contribution is -2.55.